The van der Waals surface area contributed by atoms with Gasteiger partial charge in [-0.15, -0.1) is 0 Å². The Kier molecular flexibility index (Phi) is 8.07. The van der Waals surface area contributed by atoms with Crippen LogP contribution >= 0.6 is 0 Å². The molecule has 0 aromatic carbocycles. The van der Waals surface area contributed by atoms with Gasteiger partial charge in [-0.25, -0.2) is 0 Å². The minimum Gasteiger partial charge on any atom is -0.392 e. The number of hydrogen-bond acceptors (Lipinski definition) is 4. The fourth-order valence-electron chi connectivity index (χ4n) is 3.88. The highest BCUT2D eigenvalue weighted by atomic mass is 16.5. The zero-order chi connectivity index (χ0) is 18.5. The molecule has 1 rings (SSSR count). The number of ether oxygens (including phenoxy) is 1. The molecule has 1 aliphatic rings. The maximum absolute atomic E-state index is 12.7. The highest BCUT2D eigenvalue weighted by molar-refractivity contribution is 5.83. The third-order valence-electron chi connectivity index (χ3n) is 6.00. The van der Waals surface area contributed by atoms with Crippen molar-refractivity contribution in [2.45, 2.75) is 84.8 Å². The van der Waals surface area contributed by atoms with Crippen LogP contribution in [-0.4, -0.2) is 35.5 Å². The van der Waals surface area contributed by atoms with Crippen molar-refractivity contribution >= 4 is 11.6 Å². The largest absolute Gasteiger partial charge is 0.392 e. The Morgan fingerprint density at radius 2 is 1.71 bits per heavy atom. The van der Waals surface area contributed by atoms with E-state index in [9.17, 15) is 14.7 Å². The number of aliphatic hydroxyl groups is 1. The summed E-state index contributed by atoms with van der Waals surface area (Å²) in [5.74, 6) is -0.203. The molecule has 24 heavy (non-hydrogen) atoms. The predicted octanol–water partition coefficient (Wildman–Crippen LogP) is 3.79. The maximum Gasteiger partial charge on any atom is 0.141 e. The molecule has 0 bridgehead atoms. The van der Waals surface area contributed by atoms with Gasteiger partial charge in [0.15, 0.2) is 0 Å². The average molecular weight is 341 g/mol. The molecule has 0 radical (unpaired) electrons. The van der Waals surface area contributed by atoms with Crippen LogP contribution in [0.1, 0.15) is 73.1 Å². The molecule has 0 aromatic rings. The Morgan fingerprint density at radius 1 is 1.08 bits per heavy atom. The van der Waals surface area contributed by atoms with Gasteiger partial charge in [0, 0.05) is 31.3 Å². The van der Waals surface area contributed by atoms with E-state index in [2.05, 4.69) is 0 Å². The Hall–Kier alpha value is -0.740. The monoisotopic (exact) mass is 340 g/mol. The first kappa shape index (κ1) is 21.3. The van der Waals surface area contributed by atoms with Gasteiger partial charge in [-0.1, -0.05) is 27.7 Å². The number of carbonyl (C=O) groups is 2. The van der Waals surface area contributed by atoms with Crippen LogP contribution in [0.5, 0.6) is 0 Å². The highest BCUT2D eigenvalue weighted by Crippen LogP contribution is 2.31. The SMILES string of the molecule is CO[C@@]1(C)CCCC(C)C(=O)CC[C@H](C)C(O)C(C)C(=O)[C@H](C)C1. The van der Waals surface area contributed by atoms with Gasteiger partial charge >= 0.3 is 0 Å². The lowest BCUT2D eigenvalue weighted by molar-refractivity contribution is -0.133. The lowest BCUT2D eigenvalue weighted by Crippen LogP contribution is -2.38. The number of Topliss-reactive ketones (excluding diaryl/α,β-unsaturated/α-hetero) is 2. The molecule has 140 valence electrons. The highest BCUT2D eigenvalue weighted by Gasteiger charge is 2.35. The summed E-state index contributed by atoms with van der Waals surface area (Å²) in [6.45, 7) is 9.71. The predicted molar refractivity (Wildman–Crippen MR) is 95.8 cm³/mol. The normalized spacial score (nSPS) is 41.0. The summed E-state index contributed by atoms with van der Waals surface area (Å²) in [7, 11) is 1.69. The van der Waals surface area contributed by atoms with Gasteiger partial charge in [-0.2, -0.15) is 0 Å². The van der Waals surface area contributed by atoms with Crippen molar-refractivity contribution in [3.8, 4) is 0 Å². The molecular formula is C20H36O4. The topological polar surface area (TPSA) is 63.6 Å². The van der Waals surface area contributed by atoms with Crippen molar-refractivity contribution < 1.29 is 19.4 Å². The second-order valence-corrected chi connectivity index (χ2v) is 8.22. The van der Waals surface area contributed by atoms with Crippen molar-refractivity contribution in [1.82, 2.24) is 0 Å². The summed E-state index contributed by atoms with van der Waals surface area (Å²) in [4.78, 5) is 25.0. The van der Waals surface area contributed by atoms with Crippen LogP contribution in [0.4, 0.5) is 0 Å². The Labute approximate surface area is 147 Å². The van der Waals surface area contributed by atoms with Crippen molar-refractivity contribution in [3.05, 3.63) is 0 Å². The van der Waals surface area contributed by atoms with Crippen LogP contribution in [-0.2, 0) is 14.3 Å². The lowest BCUT2D eigenvalue weighted by Gasteiger charge is -2.33. The molecule has 0 aromatic heterocycles. The molecule has 4 heteroatoms. The molecule has 6 atom stereocenters. The fourth-order valence-corrected chi connectivity index (χ4v) is 3.88. The van der Waals surface area contributed by atoms with Crippen LogP contribution in [0, 0.1) is 23.7 Å². The van der Waals surface area contributed by atoms with E-state index in [1.807, 2.05) is 27.7 Å². The van der Waals surface area contributed by atoms with Crippen molar-refractivity contribution in [3.63, 3.8) is 0 Å². The minimum atomic E-state index is -0.695. The Morgan fingerprint density at radius 3 is 2.29 bits per heavy atom. The standard InChI is InChI=1S/C20H36O4/c1-13-8-7-11-20(5,24-6)12-15(3)19(23)16(4)18(22)14(2)9-10-17(13)21/h13-16,18,22H,7-12H2,1-6H3/t13?,14-,15+,16?,18?,20-/m0/s1. The molecule has 1 N–H and O–H groups in total. The van der Waals surface area contributed by atoms with E-state index >= 15 is 0 Å². The number of ketones is 2. The summed E-state index contributed by atoms with van der Waals surface area (Å²) in [6, 6.07) is 0. The number of aliphatic hydroxyl groups excluding tert-OH is 1. The summed E-state index contributed by atoms with van der Waals surface area (Å²) < 4.78 is 5.70. The number of carbonyl (C=O) groups excluding carboxylic acids is 2. The number of hydrogen-bond donors (Lipinski definition) is 1. The van der Waals surface area contributed by atoms with Crippen LogP contribution < -0.4 is 0 Å². The zero-order valence-corrected chi connectivity index (χ0v) is 16.3. The second-order valence-electron chi connectivity index (χ2n) is 8.22. The van der Waals surface area contributed by atoms with E-state index in [0.29, 0.717) is 19.3 Å². The minimum absolute atomic E-state index is 0.0508. The van der Waals surface area contributed by atoms with Crippen molar-refractivity contribution in [1.29, 1.82) is 0 Å². The first-order valence-corrected chi connectivity index (χ1v) is 9.41. The second kappa shape index (κ2) is 9.10. The van der Waals surface area contributed by atoms with E-state index in [4.69, 9.17) is 4.74 Å². The third kappa shape index (κ3) is 5.66. The molecular weight excluding hydrogens is 304 g/mol. The Bertz CT molecular complexity index is 433. The molecule has 1 saturated carbocycles. The first-order valence-electron chi connectivity index (χ1n) is 9.41. The van der Waals surface area contributed by atoms with Gasteiger partial charge in [0.1, 0.15) is 11.6 Å². The quantitative estimate of drug-likeness (QED) is 0.789. The zero-order valence-electron chi connectivity index (χ0n) is 16.3. The third-order valence-corrected chi connectivity index (χ3v) is 6.00. The molecule has 0 spiro atoms. The van der Waals surface area contributed by atoms with E-state index < -0.39 is 12.0 Å². The van der Waals surface area contributed by atoms with Gasteiger partial charge in [-0.05, 0) is 44.9 Å². The van der Waals surface area contributed by atoms with Gasteiger partial charge in [-0.3, -0.25) is 9.59 Å². The molecule has 3 unspecified atom stereocenters. The van der Waals surface area contributed by atoms with E-state index in [0.717, 1.165) is 19.3 Å². The number of rotatable bonds is 1. The van der Waals surface area contributed by atoms with Crippen LogP contribution in [0.15, 0.2) is 0 Å². The fraction of sp³-hybridized carbons (Fsp3) is 0.900. The van der Waals surface area contributed by atoms with Gasteiger partial charge in [0.2, 0.25) is 0 Å². The molecule has 0 aliphatic heterocycles. The molecule has 0 saturated heterocycles. The van der Waals surface area contributed by atoms with Gasteiger partial charge in [0.05, 0.1) is 11.7 Å². The smallest absolute Gasteiger partial charge is 0.141 e. The van der Waals surface area contributed by atoms with Crippen molar-refractivity contribution in [2.24, 2.45) is 23.7 Å². The van der Waals surface area contributed by atoms with Gasteiger partial charge < -0.3 is 9.84 Å². The van der Waals surface area contributed by atoms with Crippen LogP contribution in [0.25, 0.3) is 0 Å². The van der Waals surface area contributed by atoms with E-state index in [-0.39, 0.29) is 34.9 Å². The summed E-state index contributed by atoms with van der Waals surface area (Å²) >= 11 is 0. The van der Waals surface area contributed by atoms with E-state index in [1.165, 1.54) is 0 Å². The molecule has 1 aliphatic carbocycles. The van der Waals surface area contributed by atoms with Crippen LogP contribution in [0.3, 0.4) is 0 Å². The molecule has 1 fully saturated rings. The average Bonchev–Trinajstić information content (AvgIpc) is 2.56. The van der Waals surface area contributed by atoms with E-state index in [1.54, 1.807) is 14.0 Å². The molecule has 0 amide bonds. The lowest BCUT2D eigenvalue weighted by atomic mass is 9.78. The Balaban J connectivity index is 2.97. The maximum atomic E-state index is 12.7. The summed E-state index contributed by atoms with van der Waals surface area (Å²) in [6.07, 6.45) is 3.70. The van der Waals surface area contributed by atoms with Gasteiger partial charge in [0.25, 0.3) is 0 Å². The molecule has 0 heterocycles. The summed E-state index contributed by atoms with van der Waals surface area (Å²) in [5, 5.41) is 10.5. The first-order chi connectivity index (χ1) is 11.1. The number of methoxy groups -OCH3 is 1. The molecule has 4 nitrogen and oxygen atoms in total. The van der Waals surface area contributed by atoms with Crippen LogP contribution in [0.2, 0.25) is 0 Å². The van der Waals surface area contributed by atoms with Crippen molar-refractivity contribution in [2.75, 3.05) is 7.11 Å². The summed E-state index contributed by atoms with van der Waals surface area (Å²) in [5.41, 5.74) is -0.363.